The van der Waals surface area contributed by atoms with Gasteiger partial charge in [0.25, 0.3) is 0 Å². The standard InChI is InChI=1S/C13H13F3N4O/c1-21-10-4-8(5-18-7-10)12(20-17)11-3-2-9(6-19-11)13(14,15)16/h2-7,12,20H,17H2,1H3. The Labute approximate surface area is 118 Å². The van der Waals surface area contributed by atoms with Gasteiger partial charge in [0, 0.05) is 12.4 Å². The van der Waals surface area contributed by atoms with E-state index in [0.717, 1.165) is 12.3 Å². The van der Waals surface area contributed by atoms with Crippen LogP contribution in [0.15, 0.2) is 36.8 Å². The van der Waals surface area contributed by atoms with Crippen molar-refractivity contribution in [2.24, 2.45) is 5.84 Å². The van der Waals surface area contributed by atoms with E-state index in [1.54, 1.807) is 6.07 Å². The molecule has 0 fully saturated rings. The minimum Gasteiger partial charge on any atom is -0.495 e. The quantitative estimate of drug-likeness (QED) is 0.667. The molecular formula is C13H13F3N4O. The van der Waals surface area contributed by atoms with Crippen molar-refractivity contribution < 1.29 is 17.9 Å². The third-order valence-electron chi connectivity index (χ3n) is 2.88. The first-order valence-electron chi connectivity index (χ1n) is 5.94. The Bertz CT molecular complexity index is 601. The molecule has 1 atom stereocenters. The molecule has 0 aliphatic heterocycles. The maximum Gasteiger partial charge on any atom is 0.417 e. The molecule has 21 heavy (non-hydrogen) atoms. The van der Waals surface area contributed by atoms with Gasteiger partial charge in [0.2, 0.25) is 0 Å². The number of hydrogen-bond acceptors (Lipinski definition) is 5. The largest absolute Gasteiger partial charge is 0.495 e. The predicted molar refractivity (Wildman–Crippen MR) is 69.2 cm³/mol. The zero-order valence-corrected chi connectivity index (χ0v) is 11.1. The average Bonchev–Trinajstić information content (AvgIpc) is 2.48. The second-order valence-corrected chi connectivity index (χ2v) is 4.23. The van der Waals surface area contributed by atoms with Gasteiger partial charge in [0.1, 0.15) is 5.75 Å². The fourth-order valence-corrected chi connectivity index (χ4v) is 1.80. The Kier molecular flexibility index (Phi) is 4.39. The normalized spacial score (nSPS) is 13.0. The topological polar surface area (TPSA) is 73.1 Å². The van der Waals surface area contributed by atoms with Crippen LogP contribution in [0.2, 0.25) is 0 Å². The highest BCUT2D eigenvalue weighted by Crippen LogP contribution is 2.30. The molecule has 112 valence electrons. The van der Waals surface area contributed by atoms with Crippen LogP contribution in [0.5, 0.6) is 5.75 Å². The maximum absolute atomic E-state index is 12.5. The van der Waals surface area contributed by atoms with Gasteiger partial charge in [-0.1, -0.05) is 0 Å². The summed E-state index contributed by atoms with van der Waals surface area (Å²) in [6.07, 6.45) is -0.606. The van der Waals surface area contributed by atoms with Crippen LogP contribution in [0.4, 0.5) is 13.2 Å². The van der Waals surface area contributed by atoms with Crippen molar-refractivity contribution >= 4 is 0 Å². The number of ether oxygens (including phenoxy) is 1. The molecule has 5 nitrogen and oxygen atoms in total. The van der Waals surface area contributed by atoms with Crippen molar-refractivity contribution in [1.29, 1.82) is 0 Å². The monoisotopic (exact) mass is 298 g/mol. The van der Waals surface area contributed by atoms with Crippen LogP contribution < -0.4 is 16.0 Å². The van der Waals surface area contributed by atoms with Crippen LogP contribution in [0.1, 0.15) is 22.9 Å². The number of pyridine rings is 2. The van der Waals surface area contributed by atoms with Gasteiger partial charge in [-0.3, -0.25) is 15.8 Å². The molecule has 2 rings (SSSR count). The molecule has 8 heteroatoms. The number of nitrogens with zero attached hydrogens (tertiary/aromatic N) is 2. The molecule has 0 saturated carbocycles. The number of aromatic nitrogens is 2. The first-order chi connectivity index (χ1) is 9.95. The van der Waals surface area contributed by atoms with E-state index in [2.05, 4.69) is 15.4 Å². The van der Waals surface area contributed by atoms with Crippen LogP contribution in [-0.2, 0) is 6.18 Å². The molecule has 0 bridgehead atoms. The van der Waals surface area contributed by atoms with Gasteiger partial charge in [-0.05, 0) is 23.8 Å². The number of nitrogens with two attached hydrogens (primary N) is 1. The van der Waals surface area contributed by atoms with E-state index in [0.29, 0.717) is 17.0 Å². The summed E-state index contributed by atoms with van der Waals surface area (Å²) in [7, 11) is 1.49. The van der Waals surface area contributed by atoms with Gasteiger partial charge in [-0.15, -0.1) is 0 Å². The summed E-state index contributed by atoms with van der Waals surface area (Å²) in [6, 6.07) is 3.32. The van der Waals surface area contributed by atoms with Gasteiger partial charge in [0.15, 0.2) is 0 Å². The molecule has 3 N–H and O–H groups in total. The lowest BCUT2D eigenvalue weighted by Gasteiger charge is -2.16. The molecule has 0 radical (unpaired) electrons. The smallest absolute Gasteiger partial charge is 0.417 e. The number of hydrogen-bond donors (Lipinski definition) is 2. The average molecular weight is 298 g/mol. The third kappa shape index (κ3) is 3.47. The first-order valence-corrected chi connectivity index (χ1v) is 5.94. The van der Waals surface area contributed by atoms with E-state index < -0.39 is 17.8 Å². The van der Waals surface area contributed by atoms with Crippen molar-refractivity contribution in [2.75, 3.05) is 7.11 Å². The number of alkyl halides is 3. The second-order valence-electron chi connectivity index (χ2n) is 4.23. The molecule has 0 aliphatic rings. The Morgan fingerprint density at radius 3 is 2.52 bits per heavy atom. The van der Waals surface area contributed by atoms with E-state index in [4.69, 9.17) is 10.6 Å². The molecule has 0 aromatic carbocycles. The summed E-state index contributed by atoms with van der Waals surface area (Å²) in [5.41, 5.74) is 2.67. The lowest BCUT2D eigenvalue weighted by atomic mass is 10.1. The second kappa shape index (κ2) is 6.06. The zero-order chi connectivity index (χ0) is 15.5. The summed E-state index contributed by atoms with van der Waals surface area (Å²) in [4.78, 5) is 7.80. The number of nitrogens with one attached hydrogen (secondary N) is 1. The van der Waals surface area contributed by atoms with Gasteiger partial charge in [0.05, 0.1) is 30.6 Å². The maximum atomic E-state index is 12.5. The van der Waals surface area contributed by atoms with Crippen molar-refractivity contribution in [3.63, 3.8) is 0 Å². The minimum atomic E-state index is -4.42. The highest BCUT2D eigenvalue weighted by molar-refractivity contribution is 5.32. The SMILES string of the molecule is COc1cncc(C(NN)c2ccc(C(F)(F)F)cn2)c1. The summed E-state index contributed by atoms with van der Waals surface area (Å²) in [6.45, 7) is 0. The van der Waals surface area contributed by atoms with Crippen molar-refractivity contribution in [3.05, 3.63) is 53.6 Å². The van der Waals surface area contributed by atoms with Gasteiger partial charge >= 0.3 is 6.18 Å². The summed E-state index contributed by atoms with van der Waals surface area (Å²) >= 11 is 0. The molecule has 2 heterocycles. The Hall–Kier alpha value is -2.19. The number of halogens is 3. The molecule has 0 spiro atoms. The molecule has 0 amide bonds. The van der Waals surface area contributed by atoms with Gasteiger partial charge < -0.3 is 4.74 Å². The molecule has 0 aliphatic carbocycles. The fourth-order valence-electron chi connectivity index (χ4n) is 1.80. The number of rotatable bonds is 4. The van der Waals surface area contributed by atoms with E-state index in [-0.39, 0.29) is 0 Å². The number of methoxy groups -OCH3 is 1. The lowest BCUT2D eigenvalue weighted by Crippen LogP contribution is -2.29. The third-order valence-corrected chi connectivity index (χ3v) is 2.88. The minimum absolute atomic E-state index is 0.348. The molecule has 2 aromatic heterocycles. The molecular weight excluding hydrogens is 285 g/mol. The van der Waals surface area contributed by atoms with Crippen LogP contribution in [-0.4, -0.2) is 17.1 Å². The van der Waals surface area contributed by atoms with E-state index in [1.807, 2.05) is 0 Å². The van der Waals surface area contributed by atoms with Crippen molar-refractivity contribution in [2.45, 2.75) is 12.2 Å². The van der Waals surface area contributed by atoms with Crippen LogP contribution in [0.3, 0.4) is 0 Å². The lowest BCUT2D eigenvalue weighted by molar-refractivity contribution is -0.137. The van der Waals surface area contributed by atoms with E-state index in [9.17, 15) is 13.2 Å². The van der Waals surface area contributed by atoms with Gasteiger partial charge in [-0.25, -0.2) is 5.43 Å². The Morgan fingerprint density at radius 1 is 1.24 bits per heavy atom. The van der Waals surface area contributed by atoms with Crippen LogP contribution in [0, 0.1) is 0 Å². The fraction of sp³-hybridized carbons (Fsp3) is 0.231. The summed E-state index contributed by atoms with van der Waals surface area (Å²) in [5, 5.41) is 0. The van der Waals surface area contributed by atoms with Gasteiger partial charge in [-0.2, -0.15) is 13.2 Å². The summed E-state index contributed by atoms with van der Waals surface area (Å²) < 4.78 is 42.6. The zero-order valence-electron chi connectivity index (χ0n) is 11.1. The number of hydrazine groups is 1. The van der Waals surface area contributed by atoms with Crippen molar-refractivity contribution in [3.8, 4) is 5.75 Å². The Morgan fingerprint density at radius 2 is 2.00 bits per heavy atom. The van der Waals surface area contributed by atoms with Crippen LogP contribution >= 0.6 is 0 Å². The molecule has 0 saturated heterocycles. The molecule has 2 aromatic rings. The highest BCUT2D eigenvalue weighted by atomic mass is 19.4. The van der Waals surface area contributed by atoms with Crippen LogP contribution in [0.25, 0.3) is 0 Å². The first kappa shape index (κ1) is 15.2. The molecule has 1 unspecified atom stereocenters. The predicted octanol–water partition coefficient (Wildman–Crippen LogP) is 2.06. The Balaban J connectivity index is 2.32. The van der Waals surface area contributed by atoms with Crippen molar-refractivity contribution in [1.82, 2.24) is 15.4 Å². The van der Waals surface area contributed by atoms with E-state index in [1.165, 1.54) is 25.6 Å². The van der Waals surface area contributed by atoms with E-state index >= 15 is 0 Å². The highest BCUT2D eigenvalue weighted by Gasteiger charge is 2.31. The summed E-state index contributed by atoms with van der Waals surface area (Å²) in [5.74, 6) is 5.98.